The van der Waals surface area contributed by atoms with Gasteiger partial charge in [0.25, 0.3) is 0 Å². The number of nitrogens with two attached hydrogens (primary N) is 1. The summed E-state index contributed by atoms with van der Waals surface area (Å²) in [7, 11) is 0. The van der Waals surface area contributed by atoms with E-state index in [0.717, 1.165) is 38.0 Å². The predicted octanol–water partition coefficient (Wildman–Crippen LogP) is 2.75. The van der Waals surface area contributed by atoms with Gasteiger partial charge in [0, 0.05) is 25.3 Å². The zero-order valence-electron chi connectivity index (χ0n) is 12.5. The summed E-state index contributed by atoms with van der Waals surface area (Å²) in [6, 6.07) is 0.0704. The molecule has 4 nitrogen and oxygen atoms in total. The van der Waals surface area contributed by atoms with E-state index in [-0.39, 0.29) is 6.04 Å². The predicted molar refractivity (Wildman–Crippen MR) is 79.2 cm³/mol. The first-order valence-corrected chi connectivity index (χ1v) is 8.07. The summed E-state index contributed by atoms with van der Waals surface area (Å²) >= 11 is 0. The quantitative estimate of drug-likeness (QED) is 0.920. The third-order valence-corrected chi connectivity index (χ3v) is 5.06. The average molecular weight is 277 g/mol. The molecule has 1 aromatic rings. The van der Waals surface area contributed by atoms with Crippen LogP contribution < -0.4 is 5.73 Å². The van der Waals surface area contributed by atoms with Crippen LogP contribution in [0.2, 0.25) is 0 Å². The van der Waals surface area contributed by atoms with E-state index in [9.17, 15) is 0 Å². The summed E-state index contributed by atoms with van der Waals surface area (Å²) in [6.07, 6.45) is 10.5. The Hall–Kier alpha value is -0.870. The lowest BCUT2D eigenvalue weighted by Gasteiger charge is -2.28. The number of hydrogen-bond acceptors (Lipinski definition) is 3. The van der Waals surface area contributed by atoms with Gasteiger partial charge in [-0.2, -0.15) is 0 Å². The molecule has 3 rings (SSSR count). The van der Waals surface area contributed by atoms with Gasteiger partial charge in [-0.3, -0.25) is 0 Å². The van der Waals surface area contributed by atoms with Crippen molar-refractivity contribution in [2.24, 2.45) is 23.5 Å². The van der Waals surface area contributed by atoms with E-state index in [1.165, 1.54) is 31.4 Å². The molecule has 4 atom stereocenters. The third-order valence-electron chi connectivity index (χ3n) is 5.06. The van der Waals surface area contributed by atoms with Gasteiger partial charge in [-0.1, -0.05) is 19.8 Å². The Bertz CT molecular complexity index is 425. The minimum Gasteiger partial charge on any atom is -0.381 e. The Morgan fingerprint density at radius 3 is 3.10 bits per heavy atom. The molecule has 0 amide bonds. The van der Waals surface area contributed by atoms with Gasteiger partial charge < -0.3 is 15.0 Å². The van der Waals surface area contributed by atoms with Gasteiger partial charge >= 0.3 is 0 Å². The number of rotatable bonds is 4. The minimum absolute atomic E-state index is 0.0704. The Labute approximate surface area is 121 Å². The molecule has 20 heavy (non-hydrogen) atoms. The molecule has 0 radical (unpaired) electrons. The van der Waals surface area contributed by atoms with E-state index >= 15 is 0 Å². The first-order chi connectivity index (χ1) is 9.74. The van der Waals surface area contributed by atoms with E-state index in [4.69, 9.17) is 10.5 Å². The van der Waals surface area contributed by atoms with Crippen LogP contribution in [0.4, 0.5) is 0 Å². The second-order valence-electron chi connectivity index (χ2n) is 6.76. The van der Waals surface area contributed by atoms with Crippen molar-refractivity contribution in [3.63, 3.8) is 0 Å². The lowest BCUT2D eigenvalue weighted by atomic mass is 9.82. The molecule has 2 N–H and O–H groups in total. The van der Waals surface area contributed by atoms with Crippen LogP contribution >= 0.6 is 0 Å². The van der Waals surface area contributed by atoms with Crippen LogP contribution in [0.3, 0.4) is 0 Å². The fourth-order valence-electron chi connectivity index (χ4n) is 3.84. The lowest BCUT2D eigenvalue weighted by molar-refractivity contribution is 0.179. The summed E-state index contributed by atoms with van der Waals surface area (Å²) in [5.74, 6) is 2.12. The van der Waals surface area contributed by atoms with E-state index in [1.54, 1.807) is 0 Å². The van der Waals surface area contributed by atoms with Gasteiger partial charge in [-0.05, 0) is 31.1 Å². The summed E-state index contributed by atoms with van der Waals surface area (Å²) < 4.78 is 7.77. The lowest BCUT2D eigenvalue weighted by Crippen LogP contribution is -2.26. The van der Waals surface area contributed by atoms with Gasteiger partial charge in [-0.15, -0.1) is 0 Å². The Balaban J connectivity index is 1.66. The normalized spacial score (nSPS) is 32.4. The maximum Gasteiger partial charge on any atom is 0.0948 e. The zero-order valence-corrected chi connectivity index (χ0v) is 12.5. The maximum atomic E-state index is 6.44. The minimum atomic E-state index is 0.0704. The van der Waals surface area contributed by atoms with E-state index in [1.807, 2.05) is 12.5 Å². The van der Waals surface area contributed by atoms with Gasteiger partial charge in [-0.25, -0.2) is 4.98 Å². The molecule has 2 fully saturated rings. The highest BCUT2D eigenvalue weighted by atomic mass is 16.5. The fourth-order valence-corrected chi connectivity index (χ4v) is 3.84. The summed E-state index contributed by atoms with van der Waals surface area (Å²) in [6.45, 7) is 5.11. The van der Waals surface area contributed by atoms with Crippen LogP contribution in [0.25, 0.3) is 0 Å². The number of aromatic nitrogens is 2. The van der Waals surface area contributed by atoms with Crippen molar-refractivity contribution in [2.45, 2.75) is 51.6 Å². The number of hydrogen-bond donors (Lipinski definition) is 1. The molecule has 0 bridgehead atoms. The topological polar surface area (TPSA) is 53.1 Å². The van der Waals surface area contributed by atoms with Crippen molar-refractivity contribution in [3.05, 3.63) is 18.2 Å². The van der Waals surface area contributed by atoms with E-state index in [0.29, 0.717) is 5.92 Å². The van der Waals surface area contributed by atoms with Gasteiger partial charge in [0.05, 0.1) is 24.7 Å². The van der Waals surface area contributed by atoms with Crippen LogP contribution in [0, 0.1) is 17.8 Å². The molecule has 0 spiro atoms. The van der Waals surface area contributed by atoms with Crippen molar-refractivity contribution in [2.75, 3.05) is 13.2 Å². The molecule has 2 aliphatic rings. The third kappa shape index (κ3) is 3.07. The van der Waals surface area contributed by atoms with Crippen molar-refractivity contribution < 1.29 is 4.74 Å². The average Bonchev–Trinajstić information content (AvgIpc) is 3.09. The molecule has 112 valence electrons. The van der Waals surface area contributed by atoms with Crippen molar-refractivity contribution >= 4 is 0 Å². The molecule has 0 aromatic carbocycles. The zero-order chi connectivity index (χ0) is 13.9. The van der Waals surface area contributed by atoms with E-state index in [2.05, 4.69) is 16.5 Å². The molecular formula is C16H27N3O. The number of imidazole rings is 1. The first kappa shape index (κ1) is 14.1. The van der Waals surface area contributed by atoms with Crippen LogP contribution in [-0.4, -0.2) is 22.8 Å². The molecule has 1 aliphatic carbocycles. The molecule has 1 aromatic heterocycles. The highest BCUT2D eigenvalue weighted by Crippen LogP contribution is 2.31. The standard InChI is InChI=1S/C16H27N3O/c1-12-3-2-4-13(7-12)9-19-11-18-8-15(19)16(17)14-5-6-20-10-14/h8,11-14,16H,2-7,9-10,17H2,1H3. The Kier molecular flexibility index (Phi) is 4.41. The van der Waals surface area contributed by atoms with Gasteiger partial charge in [0.15, 0.2) is 0 Å². The highest BCUT2D eigenvalue weighted by molar-refractivity contribution is 5.07. The number of ether oxygens (including phenoxy) is 1. The van der Waals surface area contributed by atoms with Crippen LogP contribution in [0.5, 0.6) is 0 Å². The van der Waals surface area contributed by atoms with Crippen LogP contribution in [0.15, 0.2) is 12.5 Å². The van der Waals surface area contributed by atoms with Crippen LogP contribution in [0.1, 0.15) is 50.8 Å². The van der Waals surface area contributed by atoms with Crippen molar-refractivity contribution in [1.29, 1.82) is 0 Å². The molecule has 4 unspecified atom stereocenters. The largest absolute Gasteiger partial charge is 0.381 e. The Morgan fingerprint density at radius 1 is 1.45 bits per heavy atom. The SMILES string of the molecule is CC1CCCC(Cn2cncc2C(N)C2CCOC2)C1. The first-order valence-electron chi connectivity index (χ1n) is 8.07. The van der Waals surface area contributed by atoms with Gasteiger partial charge in [0.1, 0.15) is 0 Å². The summed E-state index contributed by atoms with van der Waals surface area (Å²) in [4.78, 5) is 4.34. The molecular weight excluding hydrogens is 250 g/mol. The Morgan fingerprint density at radius 2 is 2.35 bits per heavy atom. The second kappa shape index (κ2) is 6.27. The van der Waals surface area contributed by atoms with Crippen molar-refractivity contribution in [3.8, 4) is 0 Å². The fraction of sp³-hybridized carbons (Fsp3) is 0.812. The smallest absolute Gasteiger partial charge is 0.0948 e. The van der Waals surface area contributed by atoms with Gasteiger partial charge in [0.2, 0.25) is 0 Å². The monoisotopic (exact) mass is 277 g/mol. The molecule has 1 aliphatic heterocycles. The molecule has 4 heteroatoms. The molecule has 1 saturated carbocycles. The summed E-state index contributed by atoms with van der Waals surface area (Å²) in [5, 5.41) is 0. The molecule has 1 saturated heterocycles. The maximum absolute atomic E-state index is 6.44. The number of nitrogens with zero attached hydrogens (tertiary/aromatic N) is 2. The second-order valence-corrected chi connectivity index (χ2v) is 6.76. The van der Waals surface area contributed by atoms with Crippen molar-refractivity contribution in [1.82, 2.24) is 9.55 Å². The molecule has 2 heterocycles. The van der Waals surface area contributed by atoms with Crippen LogP contribution in [-0.2, 0) is 11.3 Å². The van der Waals surface area contributed by atoms with E-state index < -0.39 is 0 Å². The summed E-state index contributed by atoms with van der Waals surface area (Å²) in [5.41, 5.74) is 7.63. The highest BCUT2D eigenvalue weighted by Gasteiger charge is 2.27.